The van der Waals surface area contributed by atoms with Gasteiger partial charge in [0.1, 0.15) is 0 Å². The first-order chi connectivity index (χ1) is 8.49. The second kappa shape index (κ2) is 5.72. The van der Waals surface area contributed by atoms with E-state index in [0.29, 0.717) is 11.4 Å². The number of nitrogens with one attached hydrogen (secondary N) is 1. The Morgan fingerprint density at radius 1 is 1.39 bits per heavy atom. The van der Waals surface area contributed by atoms with E-state index in [1.54, 1.807) is 6.07 Å². The first-order valence-electron chi connectivity index (χ1n) is 6.25. The maximum Gasteiger partial charge on any atom is 0.240 e. The van der Waals surface area contributed by atoms with Crippen LogP contribution in [0.1, 0.15) is 31.2 Å². The van der Waals surface area contributed by atoms with E-state index in [-0.39, 0.29) is 0 Å². The van der Waals surface area contributed by atoms with Crippen molar-refractivity contribution < 1.29 is 8.42 Å². The van der Waals surface area contributed by atoms with Gasteiger partial charge in [0.15, 0.2) is 0 Å². The number of halogens is 1. The summed E-state index contributed by atoms with van der Waals surface area (Å²) in [5.74, 6) is 0.719. The molecule has 0 amide bonds. The van der Waals surface area contributed by atoms with Crippen molar-refractivity contribution in [3.05, 3.63) is 28.2 Å². The number of aryl methyl sites for hydroxylation is 1. The van der Waals surface area contributed by atoms with Gasteiger partial charge in [0.05, 0.1) is 4.90 Å². The summed E-state index contributed by atoms with van der Waals surface area (Å²) in [6.45, 7) is 2.35. The van der Waals surface area contributed by atoms with Crippen molar-refractivity contribution in [3.63, 3.8) is 0 Å². The number of hydrogen-bond donors (Lipinski definition) is 1. The number of hydrogen-bond acceptors (Lipinski definition) is 2. The van der Waals surface area contributed by atoms with E-state index in [9.17, 15) is 8.42 Å². The average Bonchev–Trinajstić information content (AvgIpc) is 2.25. The fraction of sp³-hybridized carbons (Fsp3) is 0.538. The molecule has 0 unspecified atom stereocenters. The molecular formula is C13H18BrNO2S. The molecule has 1 N–H and O–H groups in total. The van der Waals surface area contributed by atoms with Crippen molar-refractivity contribution in [2.45, 2.75) is 37.5 Å². The molecule has 100 valence electrons. The van der Waals surface area contributed by atoms with Crippen LogP contribution in [0.25, 0.3) is 0 Å². The molecule has 0 aromatic heterocycles. The summed E-state index contributed by atoms with van der Waals surface area (Å²) in [6.07, 6.45) is 4.74. The fourth-order valence-corrected chi connectivity index (χ4v) is 3.95. The molecule has 18 heavy (non-hydrogen) atoms. The van der Waals surface area contributed by atoms with E-state index >= 15 is 0 Å². The molecular weight excluding hydrogens is 314 g/mol. The van der Waals surface area contributed by atoms with Gasteiger partial charge < -0.3 is 0 Å². The van der Waals surface area contributed by atoms with E-state index in [2.05, 4.69) is 20.7 Å². The van der Waals surface area contributed by atoms with Crippen molar-refractivity contribution in [3.8, 4) is 0 Å². The highest BCUT2D eigenvalue weighted by Crippen LogP contribution is 2.29. The van der Waals surface area contributed by atoms with E-state index in [4.69, 9.17) is 0 Å². The smallest absolute Gasteiger partial charge is 0.211 e. The van der Waals surface area contributed by atoms with Crippen molar-refractivity contribution in [2.75, 3.05) is 6.54 Å². The zero-order valence-electron chi connectivity index (χ0n) is 10.4. The molecule has 1 aliphatic carbocycles. The predicted octanol–water partition coefficient (Wildman–Crippen LogP) is 3.23. The summed E-state index contributed by atoms with van der Waals surface area (Å²) in [5, 5.41) is 0. The Labute approximate surface area is 117 Å². The Morgan fingerprint density at radius 3 is 2.72 bits per heavy atom. The molecule has 0 heterocycles. The summed E-state index contributed by atoms with van der Waals surface area (Å²) in [4.78, 5) is 0.366. The molecule has 1 aromatic rings. The van der Waals surface area contributed by atoms with Crippen LogP contribution < -0.4 is 4.72 Å². The molecule has 1 aromatic carbocycles. The normalized spacial score (nSPS) is 16.6. The lowest BCUT2D eigenvalue weighted by Crippen LogP contribution is -2.28. The zero-order chi connectivity index (χ0) is 13.2. The SMILES string of the molecule is Cc1ccc(Br)cc1S(=O)(=O)NCCC1CCC1. The zero-order valence-corrected chi connectivity index (χ0v) is 12.9. The van der Waals surface area contributed by atoms with Crippen LogP contribution >= 0.6 is 15.9 Å². The Hall–Kier alpha value is -0.390. The van der Waals surface area contributed by atoms with E-state index in [1.807, 2.05) is 19.1 Å². The highest BCUT2D eigenvalue weighted by Gasteiger charge is 2.20. The molecule has 0 saturated heterocycles. The summed E-state index contributed by atoms with van der Waals surface area (Å²) >= 11 is 3.31. The maximum atomic E-state index is 12.2. The van der Waals surface area contributed by atoms with Crippen LogP contribution in [-0.4, -0.2) is 15.0 Å². The van der Waals surface area contributed by atoms with E-state index in [0.717, 1.165) is 22.4 Å². The first-order valence-corrected chi connectivity index (χ1v) is 8.52. The third kappa shape index (κ3) is 3.33. The lowest BCUT2D eigenvalue weighted by Gasteiger charge is -2.25. The summed E-state index contributed by atoms with van der Waals surface area (Å²) in [7, 11) is -3.37. The van der Waals surface area contributed by atoms with Gasteiger partial charge in [-0.25, -0.2) is 13.1 Å². The lowest BCUT2D eigenvalue weighted by atomic mass is 9.83. The van der Waals surface area contributed by atoms with Crippen LogP contribution in [0.5, 0.6) is 0 Å². The minimum atomic E-state index is -3.37. The van der Waals surface area contributed by atoms with Gasteiger partial charge >= 0.3 is 0 Å². The van der Waals surface area contributed by atoms with Crippen LogP contribution in [0.2, 0.25) is 0 Å². The second-order valence-electron chi connectivity index (χ2n) is 4.89. The molecule has 0 radical (unpaired) electrons. The lowest BCUT2D eigenvalue weighted by molar-refractivity contribution is 0.297. The molecule has 1 saturated carbocycles. The minimum absolute atomic E-state index is 0.366. The van der Waals surface area contributed by atoms with E-state index in [1.165, 1.54) is 19.3 Å². The standard InChI is InChI=1S/C13H18BrNO2S/c1-10-5-6-12(14)9-13(10)18(16,17)15-8-7-11-3-2-4-11/h5-6,9,11,15H,2-4,7-8H2,1H3. The Bertz CT molecular complexity index is 524. The Morgan fingerprint density at radius 2 is 2.11 bits per heavy atom. The largest absolute Gasteiger partial charge is 0.240 e. The second-order valence-corrected chi connectivity index (χ2v) is 7.54. The van der Waals surface area contributed by atoms with Gasteiger partial charge in [-0.05, 0) is 37.0 Å². The number of rotatable bonds is 5. The summed E-state index contributed by atoms with van der Waals surface area (Å²) in [6, 6.07) is 5.31. The van der Waals surface area contributed by atoms with Crippen LogP contribution in [0, 0.1) is 12.8 Å². The number of sulfonamides is 1. The molecule has 0 bridgehead atoms. The minimum Gasteiger partial charge on any atom is -0.211 e. The monoisotopic (exact) mass is 331 g/mol. The first kappa shape index (κ1) is 14.0. The topological polar surface area (TPSA) is 46.2 Å². The van der Waals surface area contributed by atoms with Gasteiger partial charge in [-0.3, -0.25) is 0 Å². The molecule has 2 rings (SSSR count). The Kier molecular flexibility index (Phi) is 4.45. The van der Waals surface area contributed by atoms with Crippen molar-refractivity contribution in [1.29, 1.82) is 0 Å². The van der Waals surface area contributed by atoms with E-state index < -0.39 is 10.0 Å². The van der Waals surface area contributed by atoms with Gasteiger partial charge in [0.2, 0.25) is 10.0 Å². The highest BCUT2D eigenvalue weighted by atomic mass is 79.9. The molecule has 5 heteroatoms. The summed E-state index contributed by atoms with van der Waals surface area (Å²) < 4.78 is 27.8. The van der Waals surface area contributed by atoms with Gasteiger partial charge in [-0.1, -0.05) is 41.3 Å². The third-order valence-corrected chi connectivity index (χ3v) is 5.61. The van der Waals surface area contributed by atoms with Crippen molar-refractivity contribution in [1.82, 2.24) is 4.72 Å². The quantitative estimate of drug-likeness (QED) is 0.900. The molecule has 3 nitrogen and oxygen atoms in total. The molecule has 0 aliphatic heterocycles. The predicted molar refractivity (Wildman–Crippen MR) is 76.0 cm³/mol. The van der Waals surface area contributed by atoms with Crippen LogP contribution in [0.3, 0.4) is 0 Å². The molecule has 0 spiro atoms. The molecule has 1 fully saturated rings. The Balaban J connectivity index is 2.02. The molecule has 0 atom stereocenters. The van der Waals surface area contributed by atoms with Crippen molar-refractivity contribution >= 4 is 26.0 Å². The number of benzene rings is 1. The molecule has 1 aliphatic rings. The van der Waals surface area contributed by atoms with Crippen LogP contribution in [0.4, 0.5) is 0 Å². The van der Waals surface area contributed by atoms with Gasteiger partial charge in [0.25, 0.3) is 0 Å². The van der Waals surface area contributed by atoms with Gasteiger partial charge in [-0.15, -0.1) is 0 Å². The summed E-state index contributed by atoms with van der Waals surface area (Å²) in [5.41, 5.74) is 0.773. The van der Waals surface area contributed by atoms with Gasteiger partial charge in [-0.2, -0.15) is 0 Å². The maximum absolute atomic E-state index is 12.2. The third-order valence-electron chi connectivity index (χ3n) is 3.51. The van der Waals surface area contributed by atoms with Crippen molar-refractivity contribution in [2.24, 2.45) is 5.92 Å². The van der Waals surface area contributed by atoms with Gasteiger partial charge in [0, 0.05) is 11.0 Å². The highest BCUT2D eigenvalue weighted by molar-refractivity contribution is 9.10. The fourth-order valence-electron chi connectivity index (χ4n) is 2.12. The average molecular weight is 332 g/mol. The van der Waals surface area contributed by atoms with Crippen LogP contribution in [0.15, 0.2) is 27.6 Å². The van der Waals surface area contributed by atoms with Crippen LogP contribution in [-0.2, 0) is 10.0 Å².